The molecule has 0 saturated heterocycles. The Morgan fingerprint density at radius 2 is 2.04 bits per heavy atom. The first-order valence-corrected chi connectivity index (χ1v) is 8.39. The molecule has 1 aromatic heterocycles. The van der Waals surface area contributed by atoms with Gasteiger partial charge < -0.3 is 20.8 Å². The van der Waals surface area contributed by atoms with Crippen molar-refractivity contribution in [2.24, 2.45) is 10.7 Å². The summed E-state index contributed by atoms with van der Waals surface area (Å²) < 4.78 is 18.6. The average Bonchev–Trinajstić information content (AvgIpc) is 3.04. The van der Waals surface area contributed by atoms with Crippen molar-refractivity contribution in [1.82, 2.24) is 10.6 Å². The van der Waals surface area contributed by atoms with E-state index in [9.17, 15) is 9.18 Å². The minimum atomic E-state index is -0.614. The maximum atomic E-state index is 13.3. The van der Waals surface area contributed by atoms with Gasteiger partial charge in [0, 0.05) is 24.0 Å². The fourth-order valence-electron chi connectivity index (χ4n) is 2.44. The Balaban J connectivity index is 1.95. The van der Waals surface area contributed by atoms with Gasteiger partial charge in [-0.15, -0.1) is 0 Å². The third-order valence-electron chi connectivity index (χ3n) is 3.92. The molecule has 2 rings (SSSR count). The van der Waals surface area contributed by atoms with Crippen LogP contribution in [0.1, 0.15) is 35.7 Å². The van der Waals surface area contributed by atoms with E-state index in [-0.39, 0.29) is 17.0 Å². The van der Waals surface area contributed by atoms with Crippen LogP contribution < -0.4 is 16.4 Å². The van der Waals surface area contributed by atoms with Gasteiger partial charge >= 0.3 is 0 Å². The molecule has 0 aliphatic carbocycles. The molecule has 8 heteroatoms. The molecule has 0 bridgehead atoms. The van der Waals surface area contributed by atoms with Crippen LogP contribution in [-0.2, 0) is 12.0 Å². The van der Waals surface area contributed by atoms with Crippen molar-refractivity contribution in [3.8, 4) is 0 Å². The molecule has 1 heterocycles. The van der Waals surface area contributed by atoms with Crippen LogP contribution in [0.4, 0.5) is 4.39 Å². The molecule has 1 amide bonds. The second kappa shape index (κ2) is 8.23. The van der Waals surface area contributed by atoms with E-state index in [2.05, 4.69) is 15.6 Å². The normalized spacial score (nSPS) is 12.1. The lowest BCUT2D eigenvalue weighted by molar-refractivity contribution is 0.0972. The number of guanidine groups is 1. The van der Waals surface area contributed by atoms with E-state index in [0.29, 0.717) is 29.8 Å². The third-order valence-corrected chi connectivity index (χ3v) is 4.23. The third kappa shape index (κ3) is 4.98. The summed E-state index contributed by atoms with van der Waals surface area (Å²) in [6, 6.07) is 7.57. The molecular weight excluding hydrogens is 359 g/mol. The van der Waals surface area contributed by atoms with Crippen LogP contribution in [0.25, 0.3) is 0 Å². The molecule has 1 aromatic carbocycles. The van der Waals surface area contributed by atoms with Crippen molar-refractivity contribution >= 4 is 23.5 Å². The van der Waals surface area contributed by atoms with Crippen LogP contribution >= 0.6 is 11.6 Å². The van der Waals surface area contributed by atoms with Gasteiger partial charge in [-0.1, -0.05) is 31.5 Å². The largest absolute Gasteiger partial charge is 0.454 e. The predicted molar refractivity (Wildman–Crippen MR) is 99.9 cm³/mol. The molecule has 6 nitrogen and oxygen atoms in total. The summed E-state index contributed by atoms with van der Waals surface area (Å²) in [6.07, 6.45) is 0. The van der Waals surface area contributed by atoms with Gasteiger partial charge in [-0.3, -0.25) is 9.79 Å². The number of benzene rings is 1. The van der Waals surface area contributed by atoms with E-state index in [4.69, 9.17) is 21.8 Å². The first-order chi connectivity index (χ1) is 12.2. The number of primary amides is 1. The fourth-order valence-corrected chi connectivity index (χ4v) is 2.86. The highest BCUT2D eigenvalue weighted by molar-refractivity contribution is 6.31. The summed E-state index contributed by atoms with van der Waals surface area (Å²) in [4.78, 5) is 15.2. The molecule has 4 N–H and O–H groups in total. The Hall–Kier alpha value is -2.54. The highest BCUT2D eigenvalue weighted by Gasteiger charge is 2.24. The quantitative estimate of drug-likeness (QED) is 0.530. The van der Waals surface area contributed by atoms with Gasteiger partial charge in [-0.25, -0.2) is 4.39 Å². The van der Waals surface area contributed by atoms with E-state index < -0.39 is 5.91 Å². The molecule has 0 saturated carbocycles. The highest BCUT2D eigenvalue weighted by atomic mass is 35.5. The highest BCUT2D eigenvalue weighted by Crippen LogP contribution is 2.29. The molecule has 0 atom stereocenters. The lowest BCUT2D eigenvalue weighted by Gasteiger charge is -2.27. The standard InChI is InChI=1S/C18H22ClFN4O2/c1-18(2,13-6-4-11(20)8-14(13)19)10-24-17(22-3)23-9-12-5-7-15(26-12)16(21)25/h4-8H,9-10H2,1-3H3,(H2,21,25)(H2,22,23,24). The maximum Gasteiger partial charge on any atom is 0.284 e. The molecule has 2 aromatic rings. The lowest BCUT2D eigenvalue weighted by Crippen LogP contribution is -2.43. The van der Waals surface area contributed by atoms with Gasteiger partial charge in [-0.05, 0) is 29.8 Å². The molecular formula is C18H22ClFN4O2. The zero-order valence-corrected chi connectivity index (χ0v) is 15.7. The van der Waals surface area contributed by atoms with E-state index in [1.54, 1.807) is 19.2 Å². The van der Waals surface area contributed by atoms with Crippen molar-refractivity contribution < 1.29 is 13.6 Å². The molecule has 0 unspecified atom stereocenters. The zero-order valence-electron chi connectivity index (χ0n) is 14.9. The number of hydrogen-bond acceptors (Lipinski definition) is 3. The summed E-state index contributed by atoms with van der Waals surface area (Å²) in [5, 5.41) is 6.67. The number of carbonyl (C=O) groups is 1. The number of rotatable bonds is 6. The number of halogens is 2. The van der Waals surface area contributed by atoms with Gasteiger partial charge in [0.15, 0.2) is 11.7 Å². The Morgan fingerprint density at radius 1 is 1.31 bits per heavy atom. The topological polar surface area (TPSA) is 92.6 Å². The van der Waals surface area contributed by atoms with E-state index in [1.807, 2.05) is 13.8 Å². The fraction of sp³-hybridized carbons (Fsp3) is 0.333. The Labute approximate surface area is 156 Å². The SMILES string of the molecule is CN=C(NCc1ccc(C(N)=O)o1)NCC(C)(C)c1ccc(F)cc1Cl. The first kappa shape index (κ1) is 19.8. The molecule has 0 aliphatic heterocycles. The summed E-state index contributed by atoms with van der Waals surface area (Å²) in [6.45, 7) is 4.85. The van der Waals surface area contributed by atoms with Crippen molar-refractivity contribution in [2.75, 3.05) is 13.6 Å². The Bertz CT molecular complexity index is 817. The molecule has 140 valence electrons. The number of nitrogens with one attached hydrogen (secondary N) is 2. The van der Waals surface area contributed by atoms with Crippen LogP contribution in [0.15, 0.2) is 39.7 Å². The number of carbonyl (C=O) groups excluding carboxylic acids is 1. The molecule has 0 radical (unpaired) electrons. The summed E-state index contributed by atoms with van der Waals surface area (Å²) in [5.74, 6) is 0.234. The summed E-state index contributed by atoms with van der Waals surface area (Å²) >= 11 is 6.17. The Kier molecular flexibility index (Phi) is 6.26. The second-order valence-corrected chi connectivity index (χ2v) is 6.82. The number of furan rings is 1. The van der Waals surface area contributed by atoms with E-state index in [1.165, 1.54) is 18.2 Å². The lowest BCUT2D eigenvalue weighted by atomic mass is 9.84. The number of amides is 1. The van der Waals surface area contributed by atoms with Gasteiger partial charge in [0.05, 0.1) is 6.54 Å². The first-order valence-electron chi connectivity index (χ1n) is 8.01. The minimum Gasteiger partial charge on any atom is -0.454 e. The van der Waals surface area contributed by atoms with Gasteiger partial charge in [0.2, 0.25) is 0 Å². The van der Waals surface area contributed by atoms with Crippen molar-refractivity contribution in [3.05, 3.63) is 58.3 Å². The van der Waals surface area contributed by atoms with Crippen molar-refractivity contribution in [3.63, 3.8) is 0 Å². The molecule has 0 spiro atoms. The summed E-state index contributed by atoms with van der Waals surface area (Å²) in [5.41, 5.74) is 5.64. The molecule has 26 heavy (non-hydrogen) atoms. The molecule has 0 fully saturated rings. The minimum absolute atomic E-state index is 0.108. The van der Waals surface area contributed by atoms with Gasteiger partial charge in [0.25, 0.3) is 5.91 Å². The van der Waals surface area contributed by atoms with Crippen LogP contribution in [0, 0.1) is 5.82 Å². The number of nitrogens with two attached hydrogens (primary N) is 1. The van der Waals surface area contributed by atoms with Crippen molar-refractivity contribution in [2.45, 2.75) is 25.8 Å². The predicted octanol–water partition coefficient (Wildman–Crippen LogP) is 2.81. The number of aliphatic imine (C=N–C) groups is 1. The van der Waals surface area contributed by atoms with E-state index in [0.717, 1.165) is 5.56 Å². The average molecular weight is 381 g/mol. The monoisotopic (exact) mass is 380 g/mol. The van der Waals surface area contributed by atoms with Crippen molar-refractivity contribution in [1.29, 1.82) is 0 Å². The van der Waals surface area contributed by atoms with Crippen LogP contribution in [0.3, 0.4) is 0 Å². The van der Waals surface area contributed by atoms with Gasteiger partial charge in [-0.2, -0.15) is 0 Å². The van der Waals surface area contributed by atoms with Crippen LogP contribution in [-0.4, -0.2) is 25.5 Å². The van der Waals surface area contributed by atoms with Gasteiger partial charge in [0.1, 0.15) is 11.6 Å². The number of hydrogen-bond donors (Lipinski definition) is 3. The second-order valence-electron chi connectivity index (χ2n) is 6.42. The van der Waals surface area contributed by atoms with E-state index >= 15 is 0 Å². The smallest absolute Gasteiger partial charge is 0.284 e. The Morgan fingerprint density at radius 3 is 2.62 bits per heavy atom. The van der Waals surface area contributed by atoms with Crippen LogP contribution in [0.2, 0.25) is 5.02 Å². The molecule has 0 aliphatic rings. The summed E-state index contributed by atoms with van der Waals surface area (Å²) in [7, 11) is 1.64. The number of nitrogens with zero attached hydrogens (tertiary/aromatic N) is 1. The zero-order chi connectivity index (χ0) is 19.3. The van der Waals surface area contributed by atoms with Crippen LogP contribution in [0.5, 0.6) is 0 Å². The maximum absolute atomic E-state index is 13.3.